The van der Waals surface area contributed by atoms with Crippen LogP contribution in [0.5, 0.6) is 11.5 Å². The highest BCUT2D eigenvalue weighted by Crippen LogP contribution is 2.31. The summed E-state index contributed by atoms with van der Waals surface area (Å²) in [6.07, 6.45) is 0.599. The lowest BCUT2D eigenvalue weighted by Crippen LogP contribution is -2.08. The summed E-state index contributed by atoms with van der Waals surface area (Å²) in [6.45, 7) is 1.66. The van der Waals surface area contributed by atoms with E-state index in [2.05, 4.69) is 0 Å². The molecule has 23 heavy (non-hydrogen) atoms. The number of benzene rings is 2. The molecule has 0 saturated heterocycles. The molecule has 0 atom stereocenters. The van der Waals surface area contributed by atoms with Crippen LogP contribution >= 0.6 is 11.6 Å². The smallest absolute Gasteiger partial charge is 0.194 e. The Hall–Kier alpha value is -2.53. The molecule has 0 aliphatic rings. The molecule has 0 aliphatic heterocycles. The number of hydrogen-bond acceptors (Lipinski definition) is 5. The van der Waals surface area contributed by atoms with Crippen molar-refractivity contribution in [1.82, 2.24) is 0 Å². The van der Waals surface area contributed by atoms with Crippen molar-refractivity contribution in [3.8, 4) is 11.5 Å². The van der Waals surface area contributed by atoms with Crippen molar-refractivity contribution < 1.29 is 19.1 Å². The van der Waals surface area contributed by atoms with Crippen molar-refractivity contribution in [3.63, 3.8) is 0 Å². The predicted octanol–water partition coefficient (Wildman–Crippen LogP) is 3.29. The Morgan fingerprint density at radius 3 is 2.17 bits per heavy atom. The minimum absolute atomic E-state index is 0.204. The molecule has 0 amide bonds. The molecule has 0 heterocycles. The fraction of sp³-hybridized carbons (Fsp3) is 0.176. The first-order valence-electron chi connectivity index (χ1n) is 6.74. The van der Waals surface area contributed by atoms with E-state index in [1.165, 1.54) is 20.3 Å². The molecular weight excluding hydrogens is 318 g/mol. The number of nitrogen functional groups attached to an aromatic ring is 1. The van der Waals surface area contributed by atoms with E-state index < -0.39 is 0 Å². The van der Waals surface area contributed by atoms with E-state index in [0.29, 0.717) is 28.9 Å². The topological polar surface area (TPSA) is 78.6 Å². The summed E-state index contributed by atoms with van der Waals surface area (Å²) in [5.74, 6) is 0.608. The maximum Gasteiger partial charge on any atom is 0.194 e. The standard InChI is InChI=1S/C17H16ClNO4/c1-9-15(18)14(6-11(8-20)16(9)19)17(21)10-4-12(22-2)7-13(5-10)23-3/h4-8H,19H2,1-3H3. The highest BCUT2D eigenvalue weighted by atomic mass is 35.5. The second kappa shape index (κ2) is 6.71. The third kappa shape index (κ3) is 3.14. The van der Waals surface area contributed by atoms with Crippen molar-refractivity contribution in [1.29, 1.82) is 0 Å². The van der Waals surface area contributed by atoms with Crippen LogP contribution in [0.2, 0.25) is 5.02 Å². The van der Waals surface area contributed by atoms with Gasteiger partial charge in [0, 0.05) is 28.4 Å². The number of ketones is 1. The minimum atomic E-state index is -0.349. The van der Waals surface area contributed by atoms with Gasteiger partial charge < -0.3 is 15.2 Å². The van der Waals surface area contributed by atoms with Gasteiger partial charge in [0.05, 0.1) is 19.2 Å². The first-order chi connectivity index (χ1) is 10.9. The summed E-state index contributed by atoms with van der Waals surface area (Å²) in [7, 11) is 2.99. The number of aldehydes is 1. The molecule has 5 nitrogen and oxygen atoms in total. The number of hydrogen-bond donors (Lipinski definition) is 1. The monoisotopic (exact) mass is 333 g/mol. The highest BCUT2D eigenvalue weighted by Gasteiger charge is 2.19. The first kappa shape index (κ1) is 16.8. The van der Waals surface area contributed by atoms with Crippen LogP contribution in [0.15, 0.2) is 24.3 Å². The average molecular weight is 334 g/mol. The molecule has 0 aliphatic carbocycles. The Kier molecular flexibility index (Phi) is 4.91. The summed E-state index contributed by atoms with van der Waals surface area (Å²) >= 11 is 6.24. The highest BCUT2D eigenvalue weighted by molar-refractivity contribution is 6.36. The van der Waals surface area contributed by atoms with Crippen molar-refractivity contribution in [3.05, 3.63) is 51.5 Å². The molecule has 0 radical (unpaired) electrons. The van der Waals surface area contributed by atoms with Crippen LogP contribution in [0.1, 0.15) is 31.8 Å². The number of halogens is 1. The molecule has 2 N–H and O–H groups in total. The van der Waals surface area contributed by atoms with Gasteiger partial charge in [-0.05, 0) is 30.7 Å². The summed E-state index contributed by atoms with van der Waals surface area (Å²) in [4.78, 5) is 23.9. The molecule has 0 bridgehead atoms. The molecule has 0 fully saturated rings. The summed E-state index contributed by atoms with van der Waals surface area (Å²) in [5, 5.41) is 0.222. The van der Waals surface area contributed by atoms with Gasteiger partial charge in [-0.2, -0.15) is 0 Å². The van der Waals surface area contributed by atoms with E-state index in [9.17, 15) is 9.59 Å². The van der Waals surface area contributed by atoms with Crippen LogP contribution in [0.4, 0.5) is 5.69 Å². The minimum Gasteiger partial charge on any atom is -0.497 e. The van der Waals surface area contributed by atoms with Crippen LogP contribution in [-0.4, -0.2) is 26.3 Å². The fourth-order valence-corrected chi connectivity index (χ4v) is 2.43. The van der Waals surface area contributed by atoms with Gasteiger partial charge in [0.25, 0.3) is 0 Å². The Morgan fingerprint density at radius 2 is 1.70 bits per heavy atom. The van der Waals surface area contributed by atoms with Crippen LogP contribution in [0.25, 0.3) is 0 Å². The van der Waals surface area contributed by atoms with Crippen LogP contribution in [-0.2, 0) is 0 Å². The maximum atomic E-state index is 12.8. The number of carbonyl (C=O) groups excluding carboxylic acids is 2. The average Bonchev–Trinajstić information content (AvgIpc) is 2.58. The molecule has 120 valence electrons. The van der Waals surface area contributed by atoms with Crippen molar-refractivity contribution in [2.75, 3.05) is 20.0 Å². The van der Waals surface area contributed by atoms with Gasteiger partial charge in [-0.1, -0.05) is 11.6 Å². The molecule has 2 aromatic rings. The largest absolute Gasteiger partial charge is 0.497 e. The molecule has 0 unspecified atom stereocenters. The fourth-order valence-electron chi connectivity index (χ4n) is 2.19. The Labute approximate surface area is 139 Å². The summed E-state index contributed by atoms with van der Waals surface area (Å²) in [5.41, 5.74) is 7.36. The van der Waals surface area contributed by atoms with E-state index in [4.69, 9.17) is 26.8 Å². The van der Waals surface area contributed by atoms with Gasteiger partial charge in [0.15, 0.2) is 12.1 Å². The summed E-state index contributed by atoms with van der Waals surface area (Å²) in [6, 6.07) is 6.20. The first-order valence-corrected chi connectivity index (χ1v) is 7.12. The summed E-state index contributed by atoms with van der Waals surface area (Å²) < 4.78 is 10.3. The maximum absolute atomic E-state index is 12.8. The molecule has 2 rings (SSSR count). The Morgan fingerprint density at radius 1 is 1.13 bits per heavy atom. The SMILES string of the molecule is COc1cc(OC)cc(C(=O)c2cc(C=O)c(N)c(C)c2Cl)c1. The molecule has 0 spiro atoms. The zero-order chi connectivity index (χ0) is 17.1. The number of ether oxygens (including phenoxy) is 2. The van der Waals surface area contributed by atoms with Gasteiger partial charge in [0.2, 0.25) is 0 Å². The van der Waals surface area contributed by atoms with Gasteiger partial charge in [-0.3, -0.25) is 9.59 Å². The molecule has 0 aromatic heterocycles. The number of methoxy groups -OCH3 is 2. The van der Waals surface area contributed by atoms with Gasteiger partial charge >= 0.3 is 0 Å². The normalized spacial score (nSPS) is 10.3. The Balaban J connectivity index is 2.61. The third-order valence-corrected chi connectivity index (χ3v) is 4.05. The van der Waals surface area contributed by atoms with Crippen LogP contribution < -0.4 is 15.2 Å². The quantitative estimate of drug-likeness (QED) is 0.516. The van der Waals surface area contributed by atoms with E-state index in [1.54, 1.807) is 25.1 Å². The lowest BCUT2D eigenvalue weighted by molar-refractivity contribution is 0.103. The van der Waals surface area contributed by atoms with Crippen molar-refractivity contribution >= 4 is 29.4 Å². The van der Waals surface area contributed by atoms with Gasteiger partial charge in [-0.15, -0.1) is 0 Å². The second-order valence-corrected chi connectivity index (χ2v) is 5.29. The van der Waals surface area contributed by atoms with E-state index in [-0.39, 0.29) is 27.6 Å². The van der Waals surface area contributed by atoms with E-state index in [1.807, 2.05) is 0 Å². The zero-order valence-electron chi connectivity index (χ0n) is 13.0. The molecular formula is C17H16ClNO4. The van der Waals surface area contributed by atoms with E-state index in [0.717, 1.165) is 0 Å². The molecule has 6 heteroatoms. The third-order valence-electron chi connectivity index (χ3n) is 3.57. The molecule has 2 aromatic carbocycles. The lowest BCUT2D eigenvalue weighted by atomic mass is 9.97. The second-order valence-electron chi connectivity index (χ2n) is 4.91. The Bertz CT molecular complexity index is 764. The van der Waals surface area contributed by atoms with Gasteiger partial charge in [-0.25, -0.2) is 0 Å². The van der Waals surface area contributed by atoms with Crippen molar-refractivity contribution in [2.45, 2.75) is 6.92 Å². The molecule has 0 saturated carbocycles. The van der Waals surface area contributed by atoms with Crippen LogP contribution in [0, 0.1) is 6.92 Å². The van der Waals surface area contributed by atoms with Crippen molar-refractivity contribution in [2.24, 2.45) is 0 Å². The number of carbonyl (C=O) groups is 2. The number of rotatable bonds is 5. The predicted molar refractivity (Wildman–Crippen MR) is 89.0 cm³/mol. The number of nitrogens with two attached hydrogens (primary N) is 1. The number of anilines is 1. The van der Waals surface area contributed by atoms with E-state index >= 15 is 0 Å². The van der Waals surface area contributed by atoms with Crippen LogP contribution in [0.3, 0.4) is 0 Å². The lowest BCUT2D eigenvalue weighted by Gasteiger charge is -2.12. The zero-order valence-corrected chi connectivity index (χ0v) is 13.7. The van der Waals surface area contributed by atoms with Gasteiger partial charge in [0.1, 0.15) is 11.5 Å².